The Morgan fingerprint density at radius 3 is 2.78 bits per heavy atom. The quantitative estimate of drug-likeness (QED) is 0.794. The van der Waals surface area contributed by atoms with Crippen LogP contribution in [0.5, 0.6) is 0 Å². The minimum atomic E-state index is -1.04. The fraction of sp³-hybridized carbons (Fsp3) is 0.450. The molecule has 0 saturated carbocycles. The van der Waals surface area contributed by atoms with Gasteiger partial charge in [-0.3, -0.25) is 9.69 Å². The number of thiophene rings is 1. The summed E-state index contributed by atoms with van der Waals surface area (Å²) < 4.78 is 18.2. The number of piperidine rings is 1. The molecule has 2 heterocycles. The molecule has 3 unspecified atom stereocenters. The van der Waals surface area contributed by atoms with Gasteiger partial charge in [0.25, 0.3) is 0 Å². The second-order valence-corrected chi connectivity index (χ2v) is 8.12. The van der Waals surface area contributed by atoms with E-state index < -0.39 is 11.6 Å². The number of nitrogens with zero attached hydrogens (tertiary/aromatic N) is 1. The average Bonchev–Trinajstić information content (AvgIpc) is 3.14. The normalized spacial score (nSPS) is 26.1. The van der Waals surface area contributed by atoms with Gasteiger partial charge in [-0.05, 0) is 42.5 Å². The van der Waals surface area contributed by atoms with E-state index in [4.69, 9.17) is 4.74 Å². The van der Waals surface area contributed by atoms with E-state index in [2.05, 4.69) is 10.2 Å². The number of aliphatic hydroxyl groups is 1. The van der Waals surface area contributed by atoms with Crippen molar-refractivity contribution in [3.8, 4) is 0 Å². The molecule has 146 valence electrons. The molecule has 27 heavy (non-hydrogen) atoms. The first-order valence-electron chi connectivity index (χ1n) is 8.93. The van der Waals surface area contributed by atoms with E-state index in [0.29, 0.717) is 19.5 Å². The molecule has 0 aliphatic carbocycles. The minimum Gasteiger partial charge on any atom is -0.388 e. The predicted octanol–water partition coefficient (Wildman–Crippen LogP) is 2.72. The molecule has 3 atom stereocenters. The van der Waals surface area contributed by atoms with Crippen LogP contribution in [0, 0.1) is 5.82 Å². The van der Waals surface area contributed by atoms with Gasteiger partial charge in [0.1, 0.15) is 12.4 Å². The molecular weight excluding hydrogens is 367 g/mol. The van der Waals surface area contributed by atoms with E-state index in [0.717, 1.165) is 10.4 Å². The molecule has 1 amide bonds. The number of likely N-dealkylation sites (tertiary alicyclic amines) is 1. The number of rotatable bonds is 6. The Kier molecular flexibility index (Phi) is 6.26. The molecule has 1 fully saturated rings. The van der Waals surface area contributed by atoms with E-state index in [1.54, 1.807) is 30.4 Å². The molecule has 1 aromatic heterocycles. The highest BCUT2D eigenvalue weighted by molar-refractivity contribution is 7.10. The Hall–Kier alpha value is -1.80. The van der Waals surface area contributed by atoms with Gasteiger partial charge in [0.05, 0.1) is 17.7 Å². The van der Waals surface area contributed by atoms with E-state index >= 15 is 0 Å². The summed E-state index contributed by atoms with van der Waals surface area (Å²) in [5, 5.41) is 16.0. The lowest BCUT2D eigenvalue weighted by Crippen LogP contribution is -2.62. The largest absolute Gasteiger partial charge is 0.388 e. The van der Waals surface area contributed by atoms with Crippen molar-refractivity contribution >= 4 is 17.2 Å². The SMILES string of the molecule is COCC(=O)NC1C(c2cccs2)N(Cc2ccc(F)cc2)CCC1(C)O. The Labute approximate surface area is 162 Å². The minimum absolute atomic E-state index is 0.0539. The molecule has 1 aliphatic heterocycles. The predicted molar refractivity (Wildman–Crippen MR) is 103 cm³/mol. The maximum absolute atomic E-state index is 13.2. The Balaban J connectivity index is 1.90. The number of ether oxygens (including phenoxy) is 1. The summed E-state index contributed by atoms with van der Waals surface area (Å²) in [7, 11) is 1.47. The Morgan fingerprint density at radius 2 is 2.15 bits per heavy atom. The molecule has 1 saturated heterocycles. The molecule has 0 spiro atoms. The summed E-state index contributed by atoms with van der Waals surface area (Å²) in [4.78, 5) is 15.5. The molecule has 2 N–H and O–H groups in total. The van der Waals surface area contributed by atoms with Gasteiger partial charge in [-0.1, -0.05) is 18.2 Å². The van der Waals surface area contributed by atoms with Crippen molar-refractivity contribution in [2.24, 2.45) is 0 Å². The summed E-state index contributed by atoms with van der Waals surface area (Å²) in [6, 6.07) is 9.77. The average molecular weight is 392 g/mol. The van der Waals surface area contributed by atoms with Crippen molar-refractivity contribution in [2.45, 2.75) is 37.6 Å². The van der Waals surface area contributed by atoms with E-state index in [-0.39, 0.29) is 24.4 Å². The number of methoxy groups -OCH3 is 1. The molecule has 1 aliphatic rings. The van der Waals surface area contributed by atoms with Gasteiger partial charge in [-0.25, -0.2) is 4.39 Å². The molecule has 3 rings (SSSR count). The first-order valence-corrected chi connectivity index (χ1v) is 9.81. The first kappa shape index (κ1) is 19.9. The summed E-state index contributed by atoms with van der Waals surface area (Å²) >= 11 is 1.60. The molecule has 5 nitrogen and oxygen atoms in total. The number of carbonyl (C=O) groups excluding carboxylic acids is 1. The van der Waals surface area contributed by atoms with Gasteiger partial charge in [-0.2, -0.15) is 0 Å². The summed E-state index contributed by atoms with van der Waals surface area (Å²) in [5.41, 5.74) is -0.0568. The monoisotopic (exact) mass is 392 g/mol. The summed E-state index contributed by atoms with van der Waals surface area (Å²) in [6.45, 7) is 2.99. The third-order valence-electron chi connectivity index (χ3n) is 5.01. The fourth-order valence-corrected chi connectivity index (χ4v) is 4.50. The van der Waals surface area contributed by atoms with Crippen molar-refractivity contribution in [1.82, 2.24) is 10.2 Å². The van der Waals surface area contributed by atoms with Crippen LogP contribution in [0.2, 0.25) is 0 Å². The number of hydrogen-bond donors (Lipinski definition) is 2. The van der Waals surface area contributed by atoms with Crippen LogP contribution in [-0.2, 0) is 16.1 Å². The van der Waals surface area contributed by atoms with E-state index in [9.17, 15) is 14.3 Å². The number of amides is 1. The fourth-order valence-electron chi connectivity index (χ4n) is 3.60. The maximum atomic E-state index is 13.2. The molecule has 7 heteroatoms. The van der Waals surface area contributed by atoms with Crippen LogP contribution in [0.1, 0.15) is 29.8 Å². The third-order valence-corrected chi connectivity index (χ3v) is 5.95. The Bertz CT molecular complexity index is 749. The van der Waals surface area contributed by atoms with Crippen LogP contribution in [0.15, 0.2) is 41.8 Å². The van der Waals surface area contributed by atoms with Crippen LogP contribution in [0.25, 0.3) is 0 Å². The number of carbonyl (C=O) groups is 1. The molecule has 0 radical (unpaired) electrons. The smallest absolute Gasteiger partial charge is 0.246 e. The van der Waals surface area contributed by atoms with Crippen molar-refractivity contribution in [3.05, 3.63) is 58.0 Å². The summed E-state index contributed by atoms with van der Waals surface area (Å²) in [5.74, 6) is -0.521. The van der Waals surface area contributed by atoms with Crippen molar-refractivity contribution in [3.63, 3.8) is 0 Å². The van der Waals surface area contributed by atoms with Crippen LogP contribution in [-0.4, -0.2) is 47.8 Å². The van der Waals surface area contributed by atoms with Gasteiger partial charge >= 0.3 is 0 Å². The summed E-state index contributed by atoms with van der Waals surface area (Å²) in [6.07, 6.45) is 0.522. The molecular formula is C20H25FN2O3S. The highest BCUT2D eigenvalue weighted by Gasteiger charge is 2.46. The number of benzene rings is 1. The van der Waals surface area contributed by atoms with E-state index in [1.165, 1.54) is 19.2 Å². The molecule has 1 aromatic carbocycles. The zero-order chi connectivity index (χ0) is 19.4. The van der Waals surface area contributed by atoms with E-state index in [1.807, 2.05) is 17.5 Å². The van der Waals surface area contributed by atoms with Crippen LogP contribution >= 0.6 is 11.3 Å². The van der Waals surface area contributed by atoms with Gasteiger partial charge < -0.3 is 15.2 Å². The second-order valence-electron chi connectivity index (χ2n) is 7.14. The maximum Gasteiger partial charge on any atom is 0.246 e. The molecule has 2 aromatic rings. The topological polar surface area (TPSA) is 61.8 Å². The van der Waals surface area contributed by atoms with Gasteiger partial charge in [0.2, 0.25) is 5.91 Å². The van der Waals surface area contributed by atoms with Gasteiger partial charge in [0, 0.05) is 25.1 Å². The standard InChI is InChI=1S/C20H25FN2O3S/c1-20(25)9-10-23(12-14-5-7-15(21)8-6-14)18(16-4-3-11-27-16)19(20)22-17(24)13-26-2/h3-8,11,18-19,25H,9-10,12-13H2,1-2H3,(H,22,24). The number of hydrogen-bond acceptors (Lipinski definition) is 5. The van der Waals surface area contributed by atoms with Gasteiger partial charge in [0.15, 0.2) is 0 Å². The van der Waals surface area contributed by atoms with Crippen molar-refractivity contribution < 1.29 is 19.0 Å². The van der Waals surface area contributed by atoms with Crippen LogP contribution in [0.4, 0.5) is 4.39 Å². The lowest BCUT2D eigenvalue weighted by molar-refractivity contribution is -0.132. The second kappa shape index (κ2) is 8.48. The highest BCUT2D eigenvalue weighted by Crippen LogP contribution is 2.39. The third kappa shape index (κ3) is 4.73. The zero-order valence-corrected chi connectivity index (χ0v) is 16.3. The first-order chi connectivity index (χ1) is 12.9. The zero-order valence-electron chi connectivity index (χ0n) is 15.5. The number of nitrogens with one attached hydrogen (secondary N) is 1. The lowest BCUT2D eigenvalue weighted by atomic mass is 9.81. The van der Waals surface area contributed by atoms with Crippen LogP contribution < -0.4 is 5.32 Å². The highest BCUT2D eigenvalue weighted by atomic mass is 32.1. The molecule has 0 bridgehead atoms. The van der Waals surface area contributed by atoms with Crippen molar-refractivity contribution in [2.75, 3.05) is 20.3 Å². The van der Waals surface area contributed by atoms with Crippen LogP contribution in [0.3, 0.4) is 0 Å². The number of halogens is 1. The Morgan fingerprint density at radius 1 is 1.41 bits per heavy atom. The van der Waals surface area contributed by atoms with Gasteiger partial charge in [-0.15, -0.1) is 11.3 Å². The lowest BCUT2D eigenvalue weighted by Gasteiger charge is -2.48. The van der Waals surface area contributed by atoms with Crippen molar-refractivity contribution in [1.29, 1.82) is 0 Å².